The Labute approximate surface area is 129 Å². The van der Waals surface area contributed by atoms with Gasteiger partial charge in [0.15, 0.2) is 0 Å². The third-order valence-electron chi connectivity index (χ3n) is 3.06. The van der Waals surface area contributed by atoms with Gasteiger partial charge in [-0.15, -0.1) is 0 Å². The highest BCUT2D eigenvalue weighted by molar-refractivity contribution is 8.77. The summed E-state index contributed by atoms with van der Waals surface area (Å²) in [5.74, 6) is 0.679. The third kappa shape index (κ3) is 8.74. The van der Waals surface area contributed by atoms with E-state index in [4.69, 9.17) is 9.47 Å². The maximum Gasteiger partial charge on any atom is 0.308 e. The van der Waals surface area contributed by atoms with Crippen molar-refractivity contribution in [1.82, 2.24) is 0 Å². The molecule has 0 unspecified atom stereocenters. The zero-order chi connectivity index (χ0) is 14.6. The number of hydrogen-bond acceptors (Lipinski definition) is 6. The second kappa shape index (κ2) is 11.3. The molecule has 1 fully saturated rings. The van der Waals surface area contributed by atoms with Crippen LogP contribution in [0.15, 0.2) is 0 Å². The molecule has 1 aliphatic rings. The quantitative estimate of drug-likeness (QED) is 0.263. The molecule has 1 aliphatic heterocycles. The van der Waals surface area contributed by atoms with Gasteiger partial charge in [-0.3, -0.25) is 9.59 Å². The highest BCUT2D eigenvalue weighted by Gasteiger charge is 2.16. The fourth-order valence-corrected chi connectivity index (χ4v) is 4.86. The zero-order valence-electron chi connectivity index (χ0n) is 12.1. The Morgan fingerprint density at radius 3 is 2.40 bits per heavy atom. The molecule has 0 aromatic carbocycles. The number of unbranched alkanes of at least 4 members (excludes halogenated alkanes) is 2. The molecule has 1 rings (SSSR count). The first-order chi connectivity index (χ1) is 9.72. The summed E-state index contributed by atoms with van der Waals surface area (Å²) in [6.07, 6.45) is 6.94. The van der Waals surface area contributed by atoms with Gasteiger partial charge in [0.1, 0.15) is 0 Å². The van der Waals surface area contributed by atoms with Crippen LogP contribution in [0.4, 0.5) is 0 Å². The van der Waals surface area contributed by atoms with E-state index in [0.29, 0.717) is 12.8 Å². The molecule has 0 radical (unpaired) electrons. The van der Waals surface area contributed by atoms with Crippen molar-refractivity contribution in [3.05, 3.63) is 0 Å². The molecular weight excluding hydrogens is 296 g/mol. The first-order valence-corrected chi connectivity index (χ1v) is 9.70. The van der Waals surface area contributed by atoms with Crippen LogP contribution in [0.3, 0.4) is 0 Å². The number of carbonyl (C=O) groups excluding carboxylic acids is 2. The summed E-state index contributed by atoms with van der Waals surface area (Å²) in [5.41, 5.74) is 0. The molecule has 0 aliphatic carbocycles. The standard InChI is InChI=1S/C14H24O4S2/c1-2-3-7-13(15)17-11-18-14(16)8-5-4-6-12-9-10-19-20-12/h12H,2-11H2,1H3/t12-/m0/s1. The van der Waals surface area contributed by atoms with Gasteiger partial charge in [0, 0.05) is 23.8 Å². The second-order valence-electron chi connectivity index (χ2n) is 4.83. The van der Waals surface area contributed by atoms with E-state index in [1.165, 1.54) is 18.6 Å². The molecule has 0 N–H and O–H groups in total. The molecule has 0 spiro atoms. The monoisotopic (exact) mass is 320 g/mol. The van der Waals surface area contributed by atoms with Crippen LogP contribution in [0, 0.1) is 0 Å². The number of carbonyl (C=O) groups is 2. The first kappa shape index (κ1) is 17.7. The summed E-state index contributed by atoms with van der Waals surface area (Å²) in [7, 11) is 3.91. The minimum Gasteiger partial charge on any atom is -0.428 e. The zero-order valence-corrected chi connectivity index (χ0v) is 13.7. The average Bonchev–Trinajstić information content (AvgIpc) is 2.94. The SMILES string of the molecule is CCCCC(=O)OCOC(=O)CCCC[C@H]1CCSS1. The average molecular weight is 320 g/mol. The lowest BCUT2D eigenvalue weighted by Crippen LogP contribution is -2.12. The molecule has 1 heterocycles. The van der Waals surface area contributed by atoms with E-state index >= 15 is 0 Å². The van der Waals surface area contributed by atoms with Crippen LogP contribution in [-0.4, -0.2) is 29.7 Å². The molecule has 0 aromatic rings. The molecule has 0 amide bonds. The van der Waals surface area contributed by atoms with E-state index in [1.807, 2.05) is 28.5 Å². The van der Waals surface area contributed by atoms with Crippen LogP contribution in [-0.2, 0) is 19.1 Å². The summed E-state index contributed by atoms with van der Waals surface area (Å²) in [6.45, 7) is 1.77. The van der Waals surface area contributed by atoms with Crippen molar-refractivity contribution in [3.8, 4) is 0 Å². The van der Waals surface area contributed by atoms with Crippen LogP contribution in [0.25, 0.3) is 0 Å². The Bertz CT molecular complexity index is 291. The van der Waals surface area contributed by atoms with Gasteiger partial charge in [0.05, 0.1) is 0 Å². The van der Waals surface area contributed by atoms with Crippen molar-refractivity contribution >= 4 is 33.5 Å². The van der Waals surface area contributed by atoms with Gasteiger partial charge in [-0.1, -0.05) is 41.4 Å². The van der Waals surface area contributed by atoms with Gasteiger partial charge in [-0.05, 0) is 25.7 Å². The van der Waals surface area contributed by atoms with Crippen LogP contribution in [0.1, 0.15) is 58.3 Å². The van der Waals surface area contributed by atoms with Crippen molar-refractivity contribution in [2.24, 2.45) is 0 Å². The molecule has 4 nitrogen and oxygen atoms in total. The highest BCUT2D eigenvalue weighted by atomic mass is 33.1. The van der Waals surface area contributed by atoms with Crippen LogP contribution in [0.2, 0.25) is 0 Å². The Morgan fingerprint density at radius 2 is 1.80 bits per heavy atom. The van der Waals surface area contributed by atoms with Crippen molar-refractivity contribution in [1.29, 1.82) is 0 Å². The molecular formula is C14H24O4S2. The van der Waals surface area contributed by atoms with Crippen LogP contribution >= 0.6 is 21.6 Å². The molecule has 116 valence electrons. The summed E-state index contributed by atoms with van der Waals surface area (Å²) in [4.78, 5) is 22.6. The number of esters is 2. The topological polar surface area (TPSA) is 52.6 Å². The lowest BCUT2D eigenvalue weighted by atomic mass is 10.1. The number of ether oxygens (including phenoxy) is 2. The number of hydrogen-bond donors (Lipinski definition) is 0. The van der Waals surface area contributed by atoms with E-state index in [9.17, 15) is 9.59 Å². The fraction of sp³-hybridized carbons (Fsp3) is 0.857. The lowest BCUT2D eigenvalue weighted by Gasteiger charge is -2.07. The number of rotatable bonds is 10. The minimum atomic E-state index is -0.296. The summed E-state index contributed by atoms with van der Waals surface area (Å²) >= 11 is 0. The Hall–Kier alpha value is -0.360. The molecule has 0 aromatic heterocycles. The van der Waals surface area contributed by atoms with Gasteiger partial charge >= 0.3 is 11.9 Å². The fourth-order valence-electron chi connectivity index (χ4n) is 1.83. The van der Waals surface area contributed by atoms with Crippen LogP contribution < -0.4 is 0 Å². The van der Waals surface area contributed by atoms with Gasteiger partial charge in [-0.2, -0.15) is 0 Å². The van der Waals surface area contributed by atoms with Crippen molar-refractivity contribution in [2.75, 3.05) is 12.5 Å². The molecule has 0 bridgehead atoms. The van der Waals surface area contributed by atoms with Gasteiger partial charge in [-0.25, -0.2) is 0 Å². The molecule has 1 atom stereocenters. The normalized spacial score (nSPS) is 17.9. The Kier molecular flexibility index (Phi) is 10.0. The predicted molar refractivity (Wildman–Crippen MR) is 83.5 cm³/mol. The van der Waals surface area contributed by atoms with Gasteiger partial charge < -0.3 is 9.47 Å². The maximum atomic E-state index is 11.4. The van der Waals surface area contributed by atoms with Gasteiger partial charge in [0.2, 0.25) is 6.79 Å². The van der Waals surface area contributed by atoms with Crippen molar-refractivity contribution in [2.45, 2.75) is 63.5 Å². The summed E-state index contributed by atoms with van der Waals surface area (Å²) in [6, 6.07) is 0. The highest BCUT2D eigenvalue weighted by Crippen LogP contribution is 2.39. The maximum absolute atomic E-state index is 11.4. The largest absolute Gasteiger partial charge is 0.428 e. The van der Waals surface area contributed by atoms with Crippen LogP contribution in [0.5, 0.6) is 0 Å². The Balaban J connectivity index is 1.90. The molecule has 1 saturated heterocycles. The van der Waals surface area contributed by atoms with E-state index in [-0.39, 0.29) is 18.7 Å². The molecule has 20 heavy (non-hydrogen) atoms. The Morgan fingerprint density at radius 1 is 1.10 bits per heavy atom. The molecule has 6 heteroatoms. The molecule has 0 saturated carbocycles. The predicted octanol–water partition coefficient (Wildman–Crippen LogP) is 3.93. The lowest BCUT2D eigenvalue weighted by molar-refractivity contribution is -0.167. The smallest absolute Gasteiger partial charge is 0.308 e. The van der Waals surface area contributed by atoms with E-state index in [1.54, 1.807) is 0 Å². The second-order valence-corrected chi connectivity index (χ2v) is 7.62. The van der Waals surface area contributed by atoms with E-state index in [2.05, 4.69) is 0 Å². The summed E-state index contributed by atoms with van der Waals surface area (Å²) < 4.78 is 9.69. The first-order valence-electron chi connectivity index (χ1n) is 7.32. The van der Waals surface area contributed by atoms with Crippen molar-refractivity contribution in [3.63, 3.8) is 0 Å². The summed E-state index contributed by atoms with van der Waals surface area (Å²) in [5, 5.41) is 0.760. The van der Waals surface area contributed by atoms with Gasteiger partial charge in [0.25, 0.3) is 0 Å². The van der Waals surface area contributed by atoms with Crippen molar-refractivity contribution < 1.29 is 19.1 Å². The van der Waals surface area contributed by atoms with E-state index < -0.39 is 0 Å². The van der Waals surface area contributed by atoms with E-state index in [0.717, 1.165) is 30.9 Å². The third-order valence-corrected chi connectivity index (χ3v) is 6.07. The minimum absolute atomic E-state index is 0.240.